The van der Waals surface area contributed by atoms with Gasteiger partial charge in [0.25, 0.3) is 0 Å². The minimum atomic E-state index is -3.57. The van der Waals surface area contributed by atoms with Crippen molar-refractivity contribution in [2.45, 2.75) is 31.6 Å². The average molecular weight is 390 g/mol. The lowest BCUT2D eigenvalue weighted by Crippen LogP contribution is -2.36. The minimum absolute atomic E-state index is 0.0822. The Hall–Kier alpha value is -1.60. The van der Waals surface area contributed by atoms with Crippen LogP contribution in [0.2, 0.25) is 5.02 Å². The highest BCUT2D eigenvalue weighted by molar-refractivity contribution is 7.91. The number of carbonyl (C=O) groups excluding carboxylic acids is 2. The largest absolute Gasteiger partial charge is 0.469 e. The molecular formula is C17H24ClNO5S. The van der Waals surface area contributed by atoms with E-state index in [9.17, 15) is 18.0 Å². The third kappa shape index (κ3) is 7.44. The first-order valence-electron chi connectivity index (χ1n) is 7.98. The molecule has 8 heteroatoms. The number of carbonyl (C=O) groups is 2. The zero-order valence-corrected chi connectivity index (χ0v) is 16.3. The maximum Gasteiger partial charge on any atom is 0.307 e. The van der Waals surface area contributed by atoms with Gasteiger partial charge in [0.15, 0.2) is 9.84 Å². The summed E-state index contributed by atoms with van der Waals surface area (Å²) < 4.78 is 29.2. The van der Waals surface area contributed by atoms with Crippen LogP contribution in [0.4, 0.5) is 0 Å². The van der Waals surface area contributed by atoms with E-state index >= 15 is 0 Å². The molecule has 140 valence electrons. The van der Waals surface area contributed by atoms with Gasteiger partial charge in [0.1, 0.15) is 0 Å². The van der Waals surface area contributed by atoms with E-state index in [1.807, 2.05) is 13.8 Å². The summed E-state index contributed by atoms with van der Waals surface area (Å²) in [6.07, 6.45) is -0.0578. The van der Waals surface area contributed by atoms with Crippen molar-refractivity contribution in [3.63, 3.8) is 0 Å². The van der Waals surface area contributed by atoms with Crippen LogP contribution in [0.5, 0.6) is 0 Å². The van der Waals surface area contributed by atoms with Crippen LogP contribution in [0.3, 0.4) is 0 Å². The third-order valence-electron chi connectivity index (χ3n) is 3.51. The van der Waals surface area contributed by atoms with E-state index in [-0.39, 0.29) is 41.9 Å². The number of hydrogen-bond donors (Lipinski definition) is 0. The van der Waals surface area contributed by atoms with Crippen molar-refractivity contribution in [3.05, 3.63) is 29.3 Å². The summed E-state index contributed by atoms with van der Waals surface area (Å²) in [4.78, 5) is 25.3. The molecule has 0 aliphatic rings. The Morgan fingerprint density at radius 2 is 1.76 bits per heavy atom. The second-order valence-electron chi connectivity index (χ2n) is 6.08. The molecular weight excluding hydrogens is 366 g/mol. The van der Waals surface area contributed by atoms with Crippen LogP contribution >= 0.6 is 11.6 Å². The average Bonchev–Trinajstić information content (AvgIpc) is 2.56. The highest BCUT2D eigenvalue weighted by atomic mass is 35.5. The van der Waals surface area contributed by atoms with Crippen LogP contribution in [0.15, 0.2) is 29.2 Å². The lowest BCUT2D eigenvalue weighted by Gasteiger charge is -2.24. The minimum Gasteiger partial charge on any atom is -0.469 e. The third-order valence-corrected chi connectivity index (χ3v) is 5.49. The normalized spacial score (nSPS) is 11.4. The SMILES string of the molecule is COC(=O)CCN(CC(C)C)C(=O)CCS(=O)(=O)c1ccc(Cl)cc1. The number of esters is 1. The summed E-state index contributed by atoms with van der Waals surface area (Å²) in [7, 11) is -2.28. The van der Waals surface area contributed by atoms with Gasteiger partial charge in [0, 0.05) is 24.5 Å². The summed E-state index contributed by atoms with van der Waals surface area (Å²) in [5.41, 5.74) is 0. The Labute approximate surface area is 154 Å². The predicted molar refractivity (Wildman–Crippen MR) is 96.2 cm³/mol. The number of hydrogen-bond acceptors (Lipinski definition) is 5. The Morgan fingerprint density at radius 3 is 2.28 bits per heavy atom. The molecule has 0 unspecified atom stereocenters. The highest BCUT2D eigenvalue weighted by Crippen LogP contribution is 2.16. The summed E-state index contributed by atoms with van der Waals surface area (Å²) in [6, 6.07) is 5.84. The van der Waals surface area contributed by atoms with E-state index in [4.69, 9.17) is 11.6 Å². The van der Waals surface area contributed by atoms with Gasteiger partial charge in [-0.15, -0.1) is 0 Å². The number of halogens is 1. The molecule has 0 radical (unpaired) electrons. The number of ether oxygens (including phenoxy) is 1. The molecule has 1 amide bonds. The zero-order chi connectivity index (χ0) is 19.0. The van der Waals surface area contributed by atoms with Crippen LogP contribution in [0, 0.1) is 5.92 Å². The van der Waals surface area contributed by atoms with Crippen LogP contribution in [0.1, 0.15) is 26.7 Å². The molecule has 0 N–H and O–H groups in total. The van der Waals surface area contributed by atoms with Gasteiger partial charge < -0.3 is 9.64 Å². The van der Waals surface area contributed by atoms with Gasteiger partial charge >= 0.3 is 5.97 Å². The van der Waals surface area contributed by atoms with Gasteiger partial charge in [0.2, 0.25) is 5.91 Å². The van der Waals surface area contributed by atoms with Crippen molar-refractivity contribution in [2.75, 3.05) is 26.0 Å². The van der Waals surface area contributed by atoms with Crippen molar-refractivity contribution < 1.29 is 22.7 Å². The van der Waals surface area contributed by atoms with Crippen molar-refractivity contribution in [1.82, 2.24) is 4.90 Å². The molecule has 0 heterocycles. The second kappa shape index (κ2) is 9.77. The summed E-state index contributed by atoms with van der Waals surface area (Å²) in [5.74, 6) is -0.791. The molecule has 1 rings (SSSR count). The quantitative estimate of drug-likeness (QED) is 0.606. The molecule has 1 aromatic carbocycles. The molecule has 0 spiro atoms. The molecule has 25 heavy (non-hydrogen) atoms. The van der Waals surface area contributed by atoms with Crippen molar-refractivity contribution in [2.24, 2.45) is 5.92 Å². The van der Waals surface area contributed by atoms with Gasteiger partial charge in [-0.3, -0.25) is 9.59 Å². The Kier molecular flexibility index (Phi) is 8.38. The molecule has 1 aromatic rings. The van der Waals surface area contributed by atoms with Crippen LogP contribution < -0.4 is 0 Å². The standard InChI is InChI=1S/C17H24ClNO5S/c1-13(2)12-19(10-8-17(21)24-3)16(20)9-11-25(22,23)15-6-4-14(18)5-7-15/h4-7,13H,8-12H2,1-3H3. The number of nitrogens with zero attached hydrogens (tertiary/aromatic N) is 1. The summed E-state index contributed by atoms with van der Waals surface area (Å²) in [6.45, 7) is 4.56. The molecule has 0 bridgehead atoms. The second-order valence-corrected chi connectivity index (χ2v) is 8.63. The highest BCUT2D eigenvalue weighted by Gasteiger charge is 2.21. The van der Waals surface area contributed by atoms with E-state index in [0.29, 0.717) is 11.6 Å². The number of sulfone groups is 1. The first-order valence-corrected chi connectivity index (χ1v) is 10.0. The van der Waals surface area contributed by atoms with Crippen LogP contribution in [0.25, 0.3) is 0 Å². The predicted octanol–water partition coefficient (Wildman–Crippen LogP) is 2.55. The molecule has 0 saturated heterocycles. The van der Waals surface area contributed by atoms with Gasteiger partial charge in [-0.2, -0.15) is 0 Å². The molecule has 0 aliphatic heterocycles. The maximum absolute atomic E-state index is 12.4. The Balaban J connectivity index is 2.71. The molecule has 0 saturated carbocycles. The summed E-state index contributed by atoms with van der Waals surface area (Å²) in [5, 5.41) is 0.445. The Bertz CT molecular complexity index is 685. The number of benzene rings is 1. The van der Waals surface area contributed by atoms with E-state index in [2.05, 4.69) is 4.74 Å². The maximum atomic E-state index is 12.4. The first-order chi connectivity index (χ1) is 11.7. The number of rotatable bonds is 9. The van der Waals surface area contributed by atoms with E-state index in [1.165, 1.54) is 36.3 Å². The van der Waals surface area contributed by atoms with Gasteiger partial charge in [-0.1, -0.05) is 25.4 Å². The fourth-order valence-electron chi connectivity index (χ4n) is 2.23. The van der Waals surface area contributed by atoms with Crippen LogP contribution in [-0.2, 0) is 24.2 Å². The smallest absolute Gasteiger partial charge is 0.307 e. The zero-order valence-electron chi connectivity index (χ0n) is 14.7. The van der Waals surface area contributed by atoms with E-state index in [1.54, 1.807) is 0 Å². The fourth-order valence-corrected chi connectivity index (χ4v) is 3.58. The van der Waals surface area contributed by atoms with Crippen molar-refractivity contribution in [3.8, 4) is 0 Å². The van der Waals surface area contributed by atoms with E-state index < -0.39 is 15.8 Å². The molecule has 6 nitrogen and oxygen atoms in total. The van der Waals surface area contributed by atoms with Gasteiger partial charge in [-0.05, 0) is 30.2 Å². The topological polar surface area (TPSA) is 80.8 Å². The van der Waals surface area contributed by atoms with E-state index in [0.717, 1.165) is 0 Å². The van der Waals surface area contributed by atoms with Crippen LogP contribution in [-0.4, -0.2) is 51.1 Å². The molecule has 0 aliphatic carbocycles. The lowest BCUT2D eigenvalue weighted by molar-refractivity contribution is -0.141. The number of amides is 1. The first kappa shape index (κ1) is 21.4. The lowest BCUT2D eigenvalue weighted by atomic mass is 10.2. The van der Waals surface area contributed by atoms with Gasteiger partial charge in [-0.25, -0.2) is 8.42 Å². The molecule has 0 atom stereocenters. The Morgan fingerprint density at radius 1 is 1.16 bits per heavy atom. The van der Waals surface area contributed by atoms with Crippen molar-refractivity contribution in [1.29, 1.82) is 0 Å². The van der Waals surface area contributed by atoms with Crippen molar-refractivity contribution >= 4 is 33.3 Å². The number of methoxy groups -OCH3 is 1. The molecule has 0 fully saturated rings. The fraction of sp³-hybridized carbons (Fsp3) is 0.529. The monoisotopic (exact) mass is 389 g/mol. The summed E-state index contributed by atoms with van der Waals surface area (Å²) >= 11 is 5.76. The van der Waals surface area contributed by atoms with Gasteiger partial charge in [0.05, 0.1) is 24.2 Å². The molecule has 0 aromatic heterocycles.